The molecule has 0 saturated carbocycles. The lowest BCUT2D eigenvalue weighted by Gasteiger charge is -2.08. The Kier molecular flexibility index (Phi) is 2.58. The van der Waals surface area contributed by atoms with Crippen molar-refractivity contribution in [2.75, 3.05) is 0 Å². The fourth-order valence-corrected chi connectivity index (χ4v) is 2.25. The van der Waals surface area contributed by atoms with E-state index >= 15 is 0 Å². The Bertz CT molecular complexity index is 606. The first-order chi connectivity index (χ1) is 7.54. The topological polar surface area (TPSA) is 30.2 Å². The molecule has 0 unspecified atom stereocenters. The second-order valence-corrected chi connectivity index (χ2v) is 4.31. The number of hydrogen-bond donors (Lipinski definition) is 0. The molecule has 1 aromatic heterocycles. The molecule has 0 aliphatic rings. The Balaban J connectivity index is 2.99. The molecular formula is C14H16O2. The van der Waals surface area contributed by atoms with Crippen LogP contribution in [0.4, 0.5) is 0 Å². The number of benzene rings is 1. The average Bonchev–Trinajstić information content (AvgIpc) is 2.21. The van der Waals surface area contributed by atoms with Gasteiger partial charge in [0.05, 0.1) is 0 Å². The molecule has 2 heteroatoms. The zero-order valence-electron chi connectivity index (χ0n) is 10.2. The molecule has 0 aliphatic heterocycles. The van der Waals surface area contributed by atoms with Crippen molar-refractivity contribution in [2.24, 2.45) is 0 Å². The van der Waals surface area contributed by atoms with Crippen molar-refractivity contribution >= 4 is 11.0 Å². The molecule has 0 saturated heterocycles. The molecular weight excluding hydrogens is 200 g/mol. The van der Waals surface area contributed by atoms with E-state index < -0.39 is 0 Å². The van der Waals surface area contributed by atoms with Crippen LogP contribution in [-0.2, 0) is 6.42 Å². The predicted molar refractivity (Wildman–Crippen MR) is 66.1 cm³/mol. The summed E-state index contributed by atoms with van der Waals surface area (Å²) in [5.74, 6) is 0. The minimum atomic E-state index is -0.195. The molecule has 16 heavy (non-hydrogen) atoms. The molecule has 0 bridgehead atoms. The van der Waals surface area contributed by atoms with Gasteiger partial charge in [0.25, 0.3) is 0 Å². The number of aryl methyl sites for hydroxylation is 3. The zero-order valence-corrected chi connectivity index (χ0v) is 10.2. The lowest BCUT2D eigenvalue weighted by atomic mass is 10.0. The average molecular weight is 216 g/mol. The number of hydrogen-bond acceptors (Lipinski definition) is 2. The third-order valence-electron chi connectivity index (χ3n) is 3.07. The van der Waals surface area contributed by atoms with Crippen molar-refractivity contribution in [2.45, 2.75) is 34.1 Å². The van der Waals surface area contributed by atoms with E-state index in [1.54, 1.807) is 0 Å². The van der Waals surface area contributed by atoms with Crippen LogP contribution in [0.15, 0.2) is 21.3 Å². The third-order valence-corrected chi connectivity index (χ3v) is 3.07. The standard InChI is InChI=1S/C14H16O2/c1-5-11-10(4)12-7-8(2)6-9(3)13(12)16-14(11)15/h6-7H,5H2,1-4H3. The van der Waals surface area contributed by atoms with E-state index in [2.05, 4.69) is 13.0 Å². The Morgan fingerprint density at radius 1 is 1.19 bits per heavy atom. The summed E-state index contributed by atoms with van der Waals surface area (Å²) in [6, 6.07) is 4.12. The normalized spacial score (nSPS) is 11.0. The van der Waals surface area contributed by atoms with Crippen LogP contribution in [0, 0.1) is 20.8 Å². The lowest BCUT2D eigenvalue weighted by molar-refractivity contribution is 0.547. The van der Waals surface area contributed by atoms with Gasteiger partial charge in [-0.05, 0) is 49.9 Å². The van der Waals surface area contributed by atoms with E-state index in [4.69, 9.17) is 4.42 Å². The maximum absolute atomic E-state index is 11.8. The van der Waals surface area contributed by atoms with Crippen LogP contribution in [0.25, 0.3) is 11.0 Å². The third kappa shape index (κ3) is 1.54. The summed E-state index contributed by atoms with van der Waals surface area (Å²) in [7, 11) is 0. The van der Waals surface area contributed by atoms with E-state index in [1.807, 2.05) is 26.8 Å². The van der Waals surface area contributed by atoms with Gasteiger partial charge in [0.1, 0.15) is 5.58 Å². The van der Waals surface area contributed by atoms with Gasteiger partial charge in [-0.25, -0.2) is 4.79 Å². The van der Waals surface area contributed by atoms with Gasteiger partial charge < -0.3 is 4.42 Å². The van der Waals surface area contributed by atoms with Gasteiger partial charge in [-0.1, -0.05) is 13.0 Å². The summed E-state index contributed by atoms with van der Waals surface area (Å²) in [6.07, 6.45) is 0.719. The van der Waals surface area contributed by atoms with E-state index in [-0.39, 0.29) is 5.63 Å². The molecule has 0 atom stereocenters. The highest BCUT2D eigenvalue weighted by Crippen LogP contribution is 2.24. The van der Waals surface area contributed by atoms with Crippen molar-refractivity contribution in [1.29, 1.82) is 0 Å². The molecule has 2 rings (SSSR count). The lowest BCUT2D eigenvalue weighted by Crippen LogP contribution is -2.09. The van der Waals surface area contributed by atoms with Gasteiger partial charge >= 0.3 is 5.63 Å². The monoisotopic (exact) mass is 216 g/mol. The first-order valence-electron chi connectivity index (χ1n) is 5.58. The fourth-order valence-electron chi connectivity index (χ4n) is 2.25. The summed E-state index contributed by atoms with van der Waals surface area (Å²) in [5.41, 5.74) is 4.60. The van der Waals surface area contributed by atoms with E-state index in [1.165, 1.54) is 5.56 Å². The van der Waals surface area contributed by atoms with Crippen LogP contribution in [0.1, 0.15) is 29.2 Å². The summed E-state index contributed by atoms with van der Waals surface area (Å²) >= 11 is 0. The van der Waals surface area contributed by atoms with Gasteiger partial charge in [-0.2, -0.15) is 0 Å². The largest absolute Gasteiger partial charge is 0.422 e. The van der Waals surface area contributed by atoms with Crippen LogP contribution in [0.2, 0.25) is 0 Å². The molecule has 1 heterocycles. The number of rotatable bonds is 1. The SMILES string of the molecule is CCc1c(C)c2cc(C)cc(C)c2oc1=O. The fraction of sp³-hybridized carbons (Fsp3) is 0.357. The molecule has 0 radical (unpaired) electrons. The molecule has 84 valence electrons. The van der Waals surface area contributed by atoms with Crippen molar-refractivity contribution < 1.29 is 4.42 Å². The highest BCUT2D eigenvalue weighted by molar-refractivity contribution is 5.84. The zero-order chi connectivity index (χ0) is 11.9. The van der Waals surface area contributed by atoms with Crippen molar-refractivity contribution in [3.8, 4) is 0 Å². The van der Waals surface area contributed by atoms with Crippen LogP contribution >= 0.6 is 0 Å². The molecule has 2 nitrogen and oxygen atoms in total. The van der Waals surface area contributed by atoms with Crippen LogP contribution in [0.3, 0.4) is 0 Å². The Morgan fingerprint density at radius 3 is 2.50 bits per heavy atom. The highest BCUT2D eigenvalue weighted by atomic mass is 16.4. The van der Waals surface area contributed by atoms with Gasteiger partial charge in [0.15, 0.2) is 0 Å². The van der Waals surface area contributed by atoms with Crippen molar-refractivity contribution in [1.82, 2.24) is 0 Å². The molecule has 0 amide bonds. The Morgan fingerprint density at radius 2 is 1.88 bits per heavy atom. The molecule has 0 aliphatic carbocycles. The van der Waals surface area contributed by atoms with Crippen molar-refractivity contribution in [3.05, 3.63) is 44.8 Å². The minimum absolute atomic E-state index is 0.195. The molecule has 2 aromatic rings. The molecule has 0 N–H and O–H groups in total. The first-order valence-corrected chi connectivity index (χ1v) is 5.58. The Labute approximate surface area is 94.9 Å². The molecule has 0 spiro atoms. The van der Waals surface area contributed by atoms with Gasteiger partial charge in [-0.15, -0.1) is 0 Å². The second-order valence-electron chi connectivity index (χ2n) is 4.31. The number of fused-ring (bicyclic) bond motifs is 1. The van der Waals surface area contributed by atoms with Crippen LogP contribution in [0.5, 0.6) is 0 Å². The predicted octanol–water partition coefficient (Wildman–Crippen LogP) is 3.28. The molecule has 1 aromatic carbocycles. The maximum Gasteiger partial charge on any atom is 0.339 e. The summed E-state index contributed by atoms with van der Waals surface area (Å²) in [6.45, 7) is 8.01. The van der Waals surface area contributed by atoms with E-state index in [9.17, 15) is 4.79 Å². The minimum Gasteiger partial charge on any atom is -0.422 e. The van der Waals surface area contributed by atoms with Gasteiger partial charge in [0, 0.05) is 10.9 Å². The van der Waals surface area contributed by atoms with Gasteiger partial charge in [-0.3, -0.25) is 0 Å². The Hall–Kier alpha value is -1.57. The van der Waals surface area contributed by atoms with E-state index in [0.717, 1.165) is 34.1 Å². The van der Waals surface area contributed by atoms with E-state index in [0.29, 0.717) is 0 Å². The van der Waals surface area contributed by atoms with Crippen LogP contribution in [-0.4, -0.2) is 0 Å². The first kappa shape index (κ1) is 10.9. The summed E-state index contributed by atoms with van der Waals surface area (Å²) in [5, 5.41) is 1.06. The summed E-state index contributed by atoms with van der Waals surface area (Å²) < 4.78 is 5.39. The second kappa shape index (κ2) is 3.78. The van der Waals surface area contributed by atoms with Crippen LogP contribution < -0.4 is 5.63 Å². The van der Waals surface area contributed by atoms with Gasteiger partial charge in [0.2, 0.25) is 0 Å². The quantitative estimate of drug-likeness (QED) is 0.685. The maximum atomic E-state index is 11.8. The highest BCUT2D eigenvalue weighted by Gasteiger charge is 2.11. The molecule has 0 fully saturated rings. The summed E-state index contributed by atoms with van der Waals surface area (Å²) in [4.78, 5) is 11.8. The smallest absolute Gasteiger partial charge is 0.339 e. The van der Waals surface area contributed by atoms with Crippen molar-refractivity contribution in [3.63, 3.8) is 0 Å².